The molecule has 0 saturated heterocycles. The third-order valence-electron chi connectivity index (χ3n) is 5.26. The summed E-state index contributed by atoms with van der Waals surface area (Å²) in [5.41, 5.74) is 4.25. The number of nitrogens with one attached hydrogen (secondary N) is 4. The van der Waals surface area contributed by atoms with Crippen LogP contribution in [-0.4, -0.2) is 33.6 Å². The molecular weight excluding hydrogens is 462 g/mol. The number of aromatic amines is 1. The van der Waals surface area contributed by atoms with E-state index in [0.29, 0.717) is 16.8 Å². The number of halogens is 1. The smallest absolute Gasteiger partial charge is 0.229 e. The lowest BCUT2D eigenvalue weighted by Gasteiger charge is -2.11. The van der Waals surface area contributed by atoms with Gasteiger partial charge in [-0.15, -0.1) is 0 Å². The summed E-state index contributed by atoms with van der Waals surface area (Å²) in [5, 5.41) is 6.50. The van der Waals surface area contributed by atoms with Crippen molar-refractivity contribution >= 4 is 55.8 Å². The third-order valence-corrected chi connectivity index (χ3v) is 7.43. The third kappa shape index (κ3) is 5.08. The molecule has 2 heterocycles. The standard InChI is InChI=1S/C22H22ClN7O2S/c1-13-26-19-9-6-16(10-20(19)27-13)29-22-24-12-18(23)21(30-22)28-15-4-2-14(3-5-15)11-25-33(31,32)17-7-8-17/h2-6,9-10,12,17,25H,7-8,11H2,1H3,(H,26,27)(H2,24,28,29,30). The Bertz CT molecular complexity index is 1420. The van der Waals surface area contributed by atoms with Crippen LogP contribution in [0.3, 0.4) is 0 Å². The molecule has 0 unspecified atom stereocenters. The Balaban J connectivity index is 1.26. The number of H-pyrrole nitrogens is 1. The second kappa shape index (κ2) is 8.62. The summed E-state index contributed by atoms with van der Waals surface area (Å²) in [4.78, 5) is 16.4. The first kappa shape index (κ1) is 21.6. The highest BCUT2D eigenvalue weighted by Gasteiger charge is 2.35. The zero-order valence-corrected chi connectivity index (χ0v) is 19.3. The van der Waals surface area contributed by atoms with Gasteiger partial charge in [-0.05, 0) is 55.7 Å². The number of hydrogen-bond donors (Lipinski definition) is 4. The molecule has 0 amide bonds. The van der Waals surface area contributed by atoms with E-state index in [0.717, 1.165) is 46.6 Å². The molecule has 0 radical (unpaired) electrons. The number of fused-ring (bicyclic) bond motifs is 1. The number of rotatable bonds is 8. The average molecular weight is 484 g/mol. The minimum absolute atomic E-state index is 0.230. The van der Waals surface area contributed by atoms with Crippen molar-refractivity contribution in [3.05, 3.63) is 65.1 Å². The predicted molar refractivity (Wildman–Crippen MR) is 130 cm³/mol. The lowest BCUT2D eigenvalue weighted by Crippen LogP contribution is -2.26. The summed E-state index contributed by atoms with van der Waals surface area (Å²) in [5.74, 6) is 1.69. The summed E-state index contributed by atoms with van der Waals surface area (Å²) in [6.07, 6.45) is 3.01. The van der Waals surface area contributed by atoms with Gasteiger partial charge in [-0.3, -0.25) is 0 Å². The van der Waals surface area contributed by atoms with E-state index < -0.39 is 10.0 Å². The molecule has 33 heavy (non-hydrogen) atoms. The largest absolute Gasteiger partial charge is 0.342 e. The lowest BCUT2D eigenvalue weighted by atomic mass is 10.2. The minimum Gasteiger partial charge on any atom is -0.342 e. The Morgan fingerprint density at radius 2 is 1.82 bits per heavy atom. The van der Waals surface area contributed by atoms with Gasteiger partial charge in [-0.1, -0.05) is 23.7 Å². The van der Waals surface area contributed by atoms with Crippen LogP contribution in [0.5, 0.6) is 0 Å². The molecule has 2 aromatic heterocycles. The van der Waals surface area contributed by atoms with Crippen LogP contribution in [0.2, 0.25) is 5.02 Å². The van der Waals surface area contributed by atoms with Gasteiger partial charge in [0.1, 0.15) is 10.8 Å². The van der Waals surface area contributed by atoms with E-state index in [2.05, 4.69) is 35.3 Å². The number of benzene rings is 2. The molecule has 9 nitrogen and oxygen atoms in total. The fraction of sp³-hybridized carbons (Fsp3) is 0.227. The van der Waals surface area contributed by atoms with Crippen molar-refractivity contribution in [2.24, 2.45) is 0 Å². The van der Waals surface area contributed by atoms with Crippen molar-refractivity contribution in [2.45, 2.75) is 31.6 Å². The number of imidazole rings is 1. The number of anilines is 4. The van der Waals surface area contributed by atoms with E-state index in [1.165, 1.54) is 6.20 Å². The van der Waals surface area contributed by atoms with Gasteiger partial charge >= 0.3 is 0 Å². The molecule has 1 aliphatic rings. The van der Waals surface area contributed by atoms with E-state index in [1.54, 1.807) is 0 Å². The highest BCUT2D eigenvalue weighted by atomic mass is 35.5. The zero-order chi connectivity index (χ0) is 23.0. The van der Waals surface area contributed by atoms with Gasteiger partial charge in [0.2, 0.25) is 16.0 Å². The number of sulfonamides is 1. The molecule has 0 atom stereocenters. The van der Waals surface area contributed by atoms with E-state index >= 15 is 0 Å². The molecule has 1 fully saturated rings. The van der Waals surface area contributed by atoms with Crippen LogP contribution < -0.4 is 15.4 Å². The monoisotopic (exact) mass is 483 g/mol. The molecule has 5 rings (SSSR count). The van der Waals surface area contributed by atoms with E-state index in [4.69, 9.17) is 11.6 Å². The zero-order valence-electron chi connectivity index (χ0n) is 17.8. The topological polar surface area (TPSA) is 125 Å². The maximum Gasteiger partial charge on any atom is 0.229 e. The Kier molecular flexibility index (Phi) is 5.65. The molecule has 2 aromatic carbocycles. The van der Waals surface area contributed by atoms with E-state index in [9.17, 15) is 8.42 Å². The molecule has 0 spiro atoms. The molecule has 170 valence electrons. The highest BCUT2D eigenvalue weighted by molar-refractivity contribution is 7.90. The average Bonchev–Trinajstić information content (AvgIpc) is 3.58. The number of nitrogens with zero attached hydrogens (tertiary/aromatic N) is 3. The van der Waals surface area contributed by atoms with Crippen molar-refractivity contribution in [1.29, 1.82) is 0 Å². The van der Waals surface area contributed by atoms with Crippen molar-refractivity contribution in [3.8, 4) is 0 Å². The normalized spacial score (nSPS) is 13.9. The minimum atomic E-state index is -3.20. The van der Waals surface area contributed by atoms with Crippen LogP contribution >= 0.6 is 11.6 Å². The number of aromatic nitrogens is 4. The van der Waals surface area contributed by atoms with Gasteiger partial charge < -0.3 is 15.6 Å². The molecule has 11 heteroatoms. The lowest BCUT2D eigenvalue weighted by molar-refractivity contribution is 0.580. The predicted octanol–water partition coefficient (Wildman–Crippen LogP) is 4.38. The van der Waals surface area contributed by atoms with Gasteiger partial charge in [0.15, 0.2) is 5.82 Å². The van der Waals surface area contributed by atoms with Gasteiger partial charge in [-0.25, -0.2) is 23.1 Å². The van der Waals surface area contributed by atoms with Gasteiger partial charge in [0, 0.05) is 17.9 Å². The summed E-state index contributed by atoms with van der Waals surface area (Å²) >= 11 is 6.29. The van der Waals surface area contributed by atoms with Crippen LogP contribution in [0.25, 0.3) is 11.0 Å². The van der Waals surface area contributed by atoms with Gasteiger partial charge in [-0.2, -0.15) is 4.98 Å². The summed E-state index contributed by atoms with van der Waals surface area (Å²) < 4.78 is 26.6. The summed E-state index contributed by atoms with van der Waals surface area (Å²) in [7, 11) is -3.20. The second-order valence-corrected chi connectivity index (χ2v) is 10.4. The van der Waals surface area contributed by atoms with Crippen LogP contribution in [0.15, 0.2) is 48.7 Å². The van der Waals surface area contributed by atoms with Gasteiger partial charge in [0.25, 0.3) is 0 Å². The first-order valence-electron chi connectivity index (χ1n) is 10.5. The molecule has 4 aromatic rings. The van der Waals surface area contributed by atoms with Crippen LogP contribution in [-0.2, 0) is 16.6 Å². The SMILES string of the molecule is Cc1nc2cc(Nc3ncc(Cl)c(Nc4ccc(CNS(=O)(=O)C5CC5)cc4)n3)ccc2[nH]1. The van der Waals surface area contributed by atoms with Crippen molar-refractivity contribution in [2.75, 3.05) is 10.6 Å². The van der Waals surface area contributed by atoms with Crippen LogP contribution in [0, 0.1) is 6.92 Å². The number of aryl methyl sites for hydroxylation is 1. The first-order chi connectivity index (χ1) is 15.9. The molecule has 4 N–H and O–H groups in total. The quantitative estimate of drug-likeness (QED) is 0.293. The van der Waals surface area contributed by atoms with Crippen molar-refractivity contribution < 1.29 is 8.42 Å². The molecule has 1 aliphatic carbocycles. The van der Waals surface area contributed by atoms with Crippen LogP contribution in [0.1, 0.15) is 24.2 Å². The fourth-order valence-electron chi connectivity index (χ4n) is 3.38. The Morgan fingerprint density at radius 1 is 1.06 bits per heavy atom. The second-order valence-electron chi connectivity index (χ2n) is 7.96. The maximum absolute atomic E-state index is 12.0. The molecule has 0 aliphatic heterocycles. The maximum atomic E-state index is 12.0. The summed E-state index contributed by atoms with van der Waals surface area (Å²) in [6, 6.07) is 13.2. The Hall–Kier alpha value is -3.21. The van der Waals surface area contributed by atoms with Gasteiger partial charge in [0.05, 0.1) is 22.5 Å². The molecule has 0 bridgehead atoms. The van der Waals surface area contributed by atoms with E-state index in [-0.39, 0.29) is 11.8 Å². The van der Waals surface area contributed by atoms with Crippen molar-refractivity contribution in [3.63, 3.8) is 0 Å². The first-order valence-corrected chi connectivity index (χ1v) is 12.4. The van der Waals surface area contributed by atoms with Crippen LogP contribution in [0.4, 0.5) is 23.1 Å². The van der Waals surface area contributed by atoms with E-state index in [1.807, 2.05) is 49.4 Å². The summed E-state index contributed by atoms with van der Waals surface area (Å²) in [6.45, 7) is 2.17. The molecular formula is C22H22ClN7O2S. The Labute approximate surface area is 196 Å². The van der Waals surface area contributed by atoms with Crippen molar-refractivity contribution in [1.82, 2.24) is 24.7 Å². The Morgan fingerprint density at radius 3 is 2.58 bits per heavy atom. The number of hydrogen-bond acceptors (Lipinski definition) is 7. The highest BCUT2D eigenvalue weighted by Crippen LogP contribution is 2.28. The molecule has 1 saturated carbocycles. The fourth-order valence-corrected chi connectivity index (χ4v) is 4.88.